The van der Waals surface area contributed by atoms with Gasteiger partial charge in [0.05, 0.1) is 10.7 Å². The molecule has 9 heavy (non-hydrogen) atoms. The standard InChI is InChI=1S/C5H3BrFN.H2O/c6-4-1-2-8-3-5(4)7;/h1-3H;1H2. The molecule has 0 fully saturated rings. The molecule has 4 heteroatoms. The van der Waals surface area contributed by atoms with Crippen LogP contribution in [0.3, 0.4) is 0 Å². The molecule has 1 rings (SSSR count). The SMILES string of the molecule is Fc1cnccc1Br.O. The summed E-state index contributed by atoms with van der Waals surface area (Å²) in [5.41, 5.74) is 0. The Bertz CT molecular complexity index is 173. The van der Waals surface area contributed by atoms with E-state index in [2.05, 4.69) is 20.9 Å². The van der Waals surface area contributed by atoms with Gasteiger partial charge in [0.25, 0.3) is 0 Å². The molecule has 50 valence electrons. The van der Waals surface area contributed by atoms with Crippen molar-refractivity contribution >= 4 is 15.9 Å². The molecule has 0 spiro atoms. The normalized spacial score (nSPS) is 8.22. The summed E-state index contributed by atoms with van der Waals surface area (Å²) < 4.78 is 12.7. The molecule has 0 saturated heterocycles. The lowest BCUT2D eigenvalue weighted by molar-refractivity contribution is 0.614. The van der Waals surface area contributed by atoms with Crippen molar-refractivity contribution in [3.05, 3.63) is 28.7 Å². The minimum absolute atomic E-state index is 0. The Balaban J connectivity index is 0.000000640. The van der Waals surface area contributed by atoms with Crippen molar-refractivity contribution in [2.45, 2.75) is 0 Å². The summed E-state index contributed by atoms with van der Waals surface area (Å²) in [7, 11) is 0. The van der Waals surface area contributed by atoms with Crippen LogP contribution in [-0.2, 0) is 0 Å². The highest BCUT2D eigenvalue weighted by atomic mass is 79.9. The Hall–Kier alpha value is -0.480. The van der Waals surface area contributed by atoms with Crippen LogP contribution in [0.2, 0.25) is 0 Å². The van der Waals surface area contributed by atoms with E-state index in [0.29, 0.717) is 4.47 Å². The zero-order valence-corrected chi connectivity index (χ0v) is 6.02. The minimum Gasteiger partial charge on any atom is -0.412 e. The molecule has 2 N–H and O–H groups in total. The van der Waals surface area contributed by atoms with Crippen LogP contribution in [0.1, 0.15) is 0 Å². The maximum absolute atomic E-state index is 12.2. The van der Waals surface area contributed by atoms with Crippen molar-refractivity contribution in [2.24, 2.45) is 0 Å². The van der Waals surface area contributed by atoms with E-state index in [1.165, 1.54) is 6.20 Å². The number of halogens is 2. The molecule has 1 aromatic heterocycles. The molecular weight excluding hydrogens is 189 g/mol. The molecule has 0 amide bonds. The summed E-state index contributed by atoms with van der Waals surface area (Å²) in [5, 5.41) is 0. The number of pyridine rings is 1. The fraction of sp³-hybridized carbons (Fsp3) is 0. The Labute approximate surface area is 60.2 Å². The van der Waals surface area contributed by atoms with Gasteiger partial charge in [0.2, 0.25) is 0 Å². The predicted octanol–water partition coefficient (Wildman–Crippen LogP) is 1.16. The van der Waals surface area contributed by atoms with Gasteiger partial charge in [-0.2, -0.15) is 0 Å². The molecule has 1 aromatic rings. The van der Waals surface area contributed by atoms with E-state index < -0.39 is 0 Å². The first kappa shape index (κ1) is 8.52. The van der Waals surface area contributed by atoms with Gasteiger partial charge in [-0.25, -0.2) is 4.39 Å². The number of hydrogen-bond acceptors (Lipinski definition) is 1. The van der Waals surface area contributed by atoms with Crippen LogP contribution in [0, 0.1) is 5.82 Å². The third-order valence-electron chi connectivity index (χ3n) is 0.723. The van der Waals surface area contributed by atoms with E-state index >= 15 is 0 Å². The molecule has 0 bridgehead atoms. The first-order valence-electron chi connectivity index (χ1n) is 2.06. The fourth-order valence-corrected chi connectivity index (χ4v) is 0.579. The van der Waals surface area contributed by atoms with Crippen LogP contribution in [0.15, 0.2) is 22.9 Å². The number of hydrogen-bond donors (Lipinski definition) is 0. The van der Waals surface area contributed by atoms with Crippen molar-refractivity contribution < 1.29 is 9.87 Å². The molecule has 0 aliphatic rings. The monoisotopic (exact) mass is 193 g/mol. The minimum atomic E-state index is -0.326. The van der Waals surface area contributed by atoms with Crippen molar-refractivity contribution in [3.63, 3.8) is 0 Å². The lowest BCUT2D eigenvalue weighted by atomic mass is 10.5. The molecule has 0 saturated carbocycles. The van der Waals surface area contributed by atoms with Gasteiger partial charge in [0, 0.05) is 6.20 Å². The van der Waals surface area contributed by atoms with Crippen LogP contribution < -0.4 is 0 Å². The highest BCUT2D eigenvalue weighted by Gasteiger charge is 1.92. The number of aromatic nitrogens is 1. The predicted molar refractivity (Wildman–Crippen MR) is 35.5 cm³/mol. The quantitative estimate of drug-likeness (QED) is 0.610. The largest absolute Gasteiger partial charge is 0.412 e. The van der Waals surface area contributed by atoms with Crippen LogP contribution in [0.4, 0.5) is 4.39 Å². The number of rotatable bonds is 0. The Morgan fingerprint density at radius 1 is 1.56 bits per heavy atom. The van der Waals surface area contributed by atoms with Crippen LogP contribution >= 0.6 is 15.9 Å². The van der Waals surface area contributed by atoms with E-state index in [1.54, 1.807) is 6.07 Å². The molecule has 0 aliphatic carbocycles. The molecule has 0 aliphatic heterocycles. The summed E-state index contributed by atoms with van der Waals surface area (Å²) >= 11 is 2.98. The first-order chi connectivity index (χ1) is 3.80. The zero-order valence-electron chi connectivity index (χ0n) is 4.44. The third kappa shape index (κ3) is 2.07. The molecule has 0 aromatic carbocycles. The summed E-state index contributed by atoms with van der Waals surface area (Å²) in [5.74, 6) is -0.326. The van der Waals surface area contributed by atoms with E-state index in [0.717, 1.165) is 6.20 Å². The lowest BCUT2D eigenvalue weighted by Crippen LogP contribution is -1.75. The topological polar surface area (TPSA) is 44.4 Å². The highest BCUT2D eigenvalue weighted by Crippen LogP contribution is 2.10. The van der Waals surface area contributed by atoms with Crippen LogP contribution in [0.5, 0.6) is 0 Å². The third-order valence-corrected chi connectivity index (χ3v) is 1.37. The van der Waals surface area contributed by atoms with Gasteiger partial charge < -0.3 is 5.48 Å². The van der Waals surface area contributed by atoms with Gasteiger partial charge >= 0.3 is 0 Å². The fourth-order valence-electron chi connectivity index (χ4n) is 0.358. The van der Waals surface area contributed by atoms with Gasteiger partial charge in [0.1, 0.15) is 0 Å². The Kier molecular flexibility index (Phi) is 3.34. The molecule has 0 unspecified atom stereocenters. The van der Waals surface area contributed by atoms with Crippen molar-refractivity contribution in [1.29, 1.82) is 0 Å². The molecule has 0 atom stereocenters. The Morgan fingerprint density at radius 2 is 2.22 bits per heavy atom. The highest BCUT2D eigenvalue weighted by molar-refractivity contribution is 9.10. The van der Waals surface area contributed by atoms with Crippen LogP contribution in [0.25, 0.3) is 0 Å². The first-order valence-corrected chi connectivity index (χ1v) is 2.85. The second-order valence-electron chi connectivity index (χ2n) is 1.29. The van der Waals surface area contributed by atoms with E-state index in [1.807, 2.05) is 0 Å². The summed E-state index contributed by atoms with van der Waals surface area (Å²) in [6.45, 7) is 0. The van der Waals surface area contributed by atoms with Crippen LogP contribution in [-0.4, -0.2) is 10.5 Å². The second kappa shape index (κ2) is 3.53. The average molecular weight is 194 g/mol. The van der Waals surface area contributed by atoms with Crippen molar-refractivity contribution in [1.82, 2.24) is 4.98 Å². The summed E-state index contributed by atoms with van der Waals surface area (Å²) in [4.78, 5) is 3.54. The van der Waals surface area contributed by atoms with Gasteiger partial charge in [-0.15, -0.1) is 0 Å². The van der Waals surface area contributed by atoms with Gasteiger partial charge in [-0.1, -0.05) is 0 Å². The zero-order chi connectivity index (χ0) is 5.98. The van der Waals surface area contributed by atoms with Crippen molar-refractivity contribution in [2.75, 3.05) is 0 Å². The van der Waals surface area contributed by atoms with Gasteiger partial charge in [-0.05, 0) is 22.0 Å². The maximum atomic E-state index is 12.2. The second-order valence-corrected chi connectivity index (χ2v) is 2.14. The lowest BCUT2D eigenvalue weighted by Gasteiger charge is -1.86. The molecule has 0 radical (unpaired) electrons. The smallest absolute Gasteiger partial charge is 0.155 e. The average Bonchev–Trinajstić information content (AvgIpc) is 1.77. The van der Waals surface area contributed by atoms with E-state index in [9.17, 15) is 4.39 Å². The van der Waals surface area contributed by atoms with Gasteiger partial charge in [0.15, 0.2) is 5.82 Å². The number of nitrogens with zero attached hydrogens (tertiary/aromatic N) is 1. The molecular formula is C5H5BrFNO. The summed E-state index contributed by atoms with van der Waals surface area (Å²) in [6.07, 6.45) is 2.68. The molecule has 2 nitrogen and oxygen atoms in total. The molecule has 1 heterocycles. The van der Waals surface area contributed by atoms with E-state index in [-0.39, 0.29) is 11.3 Å². The summed E-state index contributed by atoms with van der Waals surface area (Å²) in [6, 6.07) is 1.55. The van der Waals surface area contributed by atoms with Crippen molar-refractivity contribution in [3.8, 4) is 0 Å². The van der Waals surface area contributed by atoms with E-state index in [4.69, 9.17) is 0 Å². The maximum Gasteiger partial charge on any atom is 0.155 e. The Morgan fingerprint density at radius 3 is 2.56 bits per heavy atom. The van der Waals surface area contributed by atoms with Gasteiger partial charge in [-0.3, -0.25) is 4.98 Å².